The van der Waals surface area contributed by atoms with Crippen LogP contribution in [0.1, 0.15) is 21.5 Å². The van der Waals surface area contributed by atoms with Crippen LogP contribution in [0.5, 0.6) is 0 Å². The van der Waals surface area contributed by atoms with E-state index in [0.717, 1.165) is 22.4 Å². The fourth-order valence-corrected chi connectivity index (χ4v) is 3.15. The van der Waals surface area contributed by atoms with Crippen LogP contribution in [-0.2, 0) is 6.54 Å². The predicted molar refractivity (Wildman–Crippen MR) is 117 cm³/mol. The molecule has 0 bridgehead atoms. The molecule has 0 fully saturated rings. The number of aromatic nitrogens is 3. The van der Waals surface area contributed by atoms with Crippen LogP contribution in [0, 0.1) is 10.1 Å². The summed E-state index contributed by atoms with van der Waals surface area (Å²) in [5.74, 6) is -0.247. The molecule has 0 aliphatic carbocycles. The lowest BCUT2D eigenvalue weighted by Crippen LogP contribution is -2.00. The largest absolute Gasteiger partial charge is 0.289 e. The van der Waals surface area contributed by atoms with Gasteiger partial charge in [0.05, 0.1) is 11.5 Å². The van der Waals surface area contributed by atoms with E-state index < -0.39 is 4.92 Å². The van der Waals surface area contributed by atoms with Gasteiger partial charge in [0.25, 0.3) is 5.69 Å². The molecule has 2 aromatic heterocycles. The highest BCUT2D eigenvalue weighted by Gasteiger charge is 2.12. The van der Waals surface area contributed by atoms with Crippen molar-refractivity contribution < 1.29 is 9.72 Å². The number of nitro groups is 1. The molecule has 0 aliphatic rings. The highest BCUT2D eigenvalue weighted by Crippen LogP contribution is 2.23. The lowest BCUT2D eigenvalue weighted by molar-refractivity contribution is -0.384. The molecule has 152 valence electrons. The third kappa shape index (κ3) is 4.79. The average Bonchev–Trinajstić information content (AvgIpc) is 3.21. The predicted octanol–water partition coefficient (Wildman–Crippen LogP) is 4.80. The maximum absolute atomic E-state index is 12.5. The lowest BCUT2D eigenvalue weighted by atomic mass is 10.1. The first-order valence-electron chi connectivity index (χ1n) is 9.59. The number of rotatable bonds is 7. The SMILES string of the molecule is O=C(/C=C/c1cn(Cc2ccccc2)nc1-c1cccnc1)c1ccc([N+](=O)[O-])cc1. The number of allylic oxidation sites excluding steroid dienone is 1. The van der Waals surface area contributed by atoms with Crippen molar-refractivity contribution in [2.75, 3.05) is 0 Å². The van der Waals surface area contributed by atoms with Gasteiger partial charge in [0.15, 0.2) is 5.78 Å². The van der Waals surface area contributed by atoms with Crippen molar-refractivity contribution in [1.82, 2.24) is 14.8 Å². The summed E-state index contributed by atoms with van der Waals surface area (Å²) in [7, 11) is 0. The molecule has 0 aliphatic heterocycles. The Labute approximate surface area is 178 Å². The molecule has 7 heteroatoms. The van der Waals surface area contributed by atoms with Crippen LogP contribution in [0.3, 0.4) is 0 Å². The highest BCUT2D eigenvalue weighted by atomic mass is 16.6. The van der Waals surface area contributed by atoms with E-state index in [4.69, 9.17) is 5.10 Å². The molecule has 0 saturated heterocycles. The number of pyridine rings is 1. The molecule has 0 saturated carbocycles. The van der Waals surface area contributed by atoms with E-state index in [-0.39, 0.29) is 11.5 Å². The number of hydrogen-bond donors (Lipinski definition) is 0. The minimum Gasteiger partial charge on any atom is -0.289 e. The molecule has 31 heavy (non-hydrogen) atoms. The van der Waals surface area contributed by atoms with Gasteiger partial charge in [0.1, 0.15) is 5.69 Å². The van der Waals surface area contributed by atoms with Gasteiger partial charge in [-0.1, -0.05) is 30.3 Å². The molecular formula is C24H18N4O3. The Bertz CT molecular complexity index is 1230. The van der Waals surface area contributed by atoms with Gasteiger partial charge in [-0.05, 0) is 42.0 Å². The summed E-state index contributed by atoms with van der Waals surface area (Å²) in [6, 6.07) is 19.3. The summed E-state index contributed by atoms with van der Waals surface area (Å²) in [5, 5.41) is 15.5. The number of nitrogens with zero attached hydrogens (tertiary/aromatic N) is 4. The van der Waals surface area contributed by atoms with Gasteiger partial charge in [-0.15, -0.1) is 0 Å². The number of carbonyl (C=O) groups excluding carboxylic acids is 1. The standard InChI is InChI=1S/C24H18N4O3/c29-23(19-8-11-22(12-9-19)28(30)31)13-10-21-17-27(16-18-5-2-1-3-6-18)26-24(21)20-7-4-14-25-15-20/h1-15,17H,16H2/b13-10+. The first-order valence-corrected chi connectivity index (χ1v) is 9.59. The number of benzene rings is 2. The maximum atomic E-state index is 12.5. The van der Waals surface area contributed by atoms with Crippen LogP contribution in [0.25, 0.3) is 17.3 Å². The third-order valence-electron chi connectivity index (χ3n) is 4.69. The molecule has 2 aromatic carbocycles. The summed E-state index contributed by atoms with van der Waals surface area (Å²) in [4.78, 5) is 27.0. The maximum Gasteiger partial charge on any atom is 0.269 e. The summed E-state index contributed by atoms with van der Waals surface area (Å²) in [5.41, 5.74) is 3.77. The van der Waals surface area contributed by atoms with Gasteiger partial charge in [-0.3, -0.25) is 24.6 Å². The quantitative estimate of drug-likeness (QED) is 0.189. The fraction of sp³-hybridized carbons (Fsp3) is 0.0417. The average molecular weight is 410 g/mol. The molecule has 4 aromatic rings. The Morgan fingerprint density at radius 3 is 2.48 bits per heavy atom. The van der Waals surface area contributed by atoms with Crippen LogP contribution < -0.4 is 0 Å². The molecule has 0 spiro atoms. The normalized spacial score (nSPS) is 11.0. The van der Waals surface area contributed by atoms with E-state index in [1.165, 1.54) is 30.3 Å². The van der Waals surface area contributed by atoms with Crippen molar-refractivity contribution in [1.29, 1.82) is 0 Å². The minimum absolute atomic E-state index is 0.0541. The zero-order chi connectivity index (χ0) is 21.6. The second kappa shape index (κ2) is 8.96. The Morgan fingerprint density at radius 2 is 1.81 bits per heavy atom. The number of nitro benzene ring substituents is 1. The smallest absolute Gasteiger partial charge is 0.269 e. The number of ketones is 1. The van der Waals surface area contributed by atoms with E-state index in [9.17, 15) is 14.9 Å². The van der Waals surface area contributed by atoms with Gasteiger partial charge in [-0.2, -0.15) is 5.10 Å². The summed E-state index contributed by atoms with van der Waals surface area (Å²) in [6.45, 7) is 0.595. The van der Waals surface area contributed by atoms with Crippen molar-refractivity contribution in [3.8, 4) is 11.3 Å². The Balaban J connectivity index is 1.62. The Hall–Kier alpha value is -4.39. The lowest BCUT2D eigenvalue weighted by Gasteiger charge is -2.01. The molecule has 0 radical (unpaired) electrons. The van der Waals surface area contributed by atoms with Crippen LogP contribution in [0.4, 0.5) is 5.69 Å². The Morgan fingerprint density at radius 1 is 1.03 bits per heavy atom. The summed E-state index contributed by atoms with van der Waals surface area (Å²) < 4.78 is 1.83. The van der Waals surface area contributed by atoms with Crippen LogP contribution in [0.15, 0.2) is 91.4 Å². The van der Waals surface area contributed by atoms with Crippen molar-refractivity contribution >= 4 is 17.5 Å². The van der Waals surface area contributed by atoms with E-state index >= 15 is 0 Å². The topological polar surface area (TPSA) is 90.9 Å². The monoisotopic (exact) mass is 410 g/mol. The second-order valence-corrected chi connectivity index (χ2v) is 6.86. The van der Waals surface area contributed by atoms with Gasteiger partial charge in [0, 0.05) is 47.4 Å². The molecule has 0 amide bonds. The van der Waals surface area contributed by atoms with Crippen molar-refractivity contribution in [2.45, 2.75) is 6.54 Å². The summed E-state index contributed by atoms with van der Waals surface area (Å²) in [6.07, 6.45) is 8.46. The molecule has 7 nitrogen and oxygen atoms in total. The van der Waals surface area contributed by atoms with Gasteiger partial charge >= 0.3 is 0 Å². The second-order valence-electron chi connectivity index (χ2n) is 6.86. The first kappa shape index (κ1) is 19.9. The van der Waals surface area contributed by atoms with E-state index in [1.54, 1.807) is 18.5 Å². The van der Waals surface area contributed by atoms with Gasteiger partial charge in [0.2, 0.25) is 0 Å². The van der Waals surface area contributed by atoms with Crippen LogP contribution >= 0.6 is 0 Å². The number of carbonyl (C=O) groups is 1. The van der Waals surface area contributed by atoms with E-state index in [2.05, 4.69) is 4.98 Å². The van der Waals surface area contributed by atoms with Gasteiger partial charge < -0.3 is 0 Å². The molecule has 0 N–H and O–H groups in total. The molecule has 0 unspecified atom stereocenters. The van der Waals surface area contributed by atoms with E-state index in [0.29, 0.717) is 12.1 Å². The first-order chi connectivity index (χ1) is 15.1. The zero-order valence-corrected chi connectivity index (χ0v) is 16.5. The minimum atomic E-state index is -0.495. The highest BCUT2D eigenvalue weighted by molar-refractivity contribution is 6.07. The molecule has 2 heterocycles. The van der Waals surface area contributed by atoms with Gasteiger partial charge in [-0.25, -0.2) is 0 Å². The fourth-order valence-electron chi connectivity index (χ4n) is 3.15. The zero-order valence-electron chi connectivity index (χ0n) is 16.5. The molecule has 0 atom stereocenters. The third-order valence-corrected chi connectivity index (χ3v) is 4.69. The number of hydrogen-bond acceptors (Lipinski definition) is 5. The molecular weight excluding hydrogens is 392 g/mol. The molecule has 4 rings (SSSR count). The van der Waals surface area contributed by atoms with Crippen molar-refractivity contribution in [3.63, 3.8) is 0 Å². The van der Waals surface area contributed by atoms with E-state index in [1.807, 2.05) is 53.3 Å². The summed E-state index contributed by atoms with van der Waals surface area (Å²) >= 11 is 0. The Kier molecular flexibility index (Phi) is 5.75. The van der Waals surface area contributed by atoms with Crippen molar-refractivity contribution in [2.24, 2.45) is 0 Å². The van der Waals surface area contributed by atoms with Crippen LogP contribution in [-0.4, -0.2) is 25.5 Å². The number of non-ortho nitro benzene ring substituents is 1. The van der Waals surface area contributed by atoms with Crippen molar-refractivity contribution in [3.05, 3.63) is 118 Å². The van der Waals surface area contributed by atoms with Crippen LogP contribution in [0.2, 0.25) is 0 Å².